The summed E-state index contributed by atoms with van der Waals surface area (Å²) in [6.45, 7) is 6.20. The molecule has 1 saturated heterocycles. The predicted molar refractivity (Wildman–Crippen MR) is 112 cm³/mol. The van der Waals surface area contributed by atoms with Crippen LogP contribution in [0.2, 0.25) is 5.15 Å². The van der Waals surface area contributed by atoms with Crippen molar-refractivity contribution in [3.05, 3.63) is 65.1 Å². The Labute approximate surface area is 169 Å². The van der Waals surface area contributed by atoms with Crippen LogP contribution in [0.25, 0.3) is 5.65 Å². The maximum absolute atomic E-state index is 12.8. The lowest BCUT2D eigenvalue weighted by Gasteiger charge is -2.34. The van der Waals surface area contributed by atoms with Crippen LogP contribution >= 0.6 is 11.6 Å². The number of carbonyl (C=O) groups is 1. The number of anilines is 1. The van der Waals surface area contributed by atoms with Crippen molar-refractivity contribution >= 4 is 28.8 Å². The van der Waals surface area contributed by atoms with Crippen molar-refractivity contribution in [2.45, 2.75) is 13.0 Å². The Morgan fingerprint density at radius 1 is 1.11 bits per heavy atom. The van der Waals surface area contributed by atoms with Gasteiger partial charge in [0.2, 0.25) is 0 Å². The van der Waals surface area contributed by atoms with Crippen molar-refractivity contribution in [1.82, 2.24) is 19.6 Å². The highest BCUT2D eigenvalue weighted by Gasteiger charge is 2.20. The number of pyridine rings is 1. The summed E-state index contributed by atoms with van der Waals surface area (Å²) >= 11 is 6.21. The summed E-state index contributed by atoms with van der Waals surface area (Å²) in [5, 5.41) is 3.24. The molecule has 1 unspecified atom stereocenters. The summed E-state index contributed by atoms with van der Waals surface area (Å²) in [6.07, 6.45) is 1.79. The quantitative estimate of drug-likeness (QED) is 0.734. The largest absolute Gasteiger partial charge is 0.369 e. The molecule has 1 atom stereocenters. The molecular formula is C21H24ClN5O. The topological polar surface area (TPSA) is 52.9 Å². The minimum absolute atomic E-state index is 0.139. The molecular weight excluding hydrogens is 374 g/mol. The van der Waals surface area contributed by atoms with Gasteiger partial charge < -0.3 is 15.1 Å². The molecule has 3 aromatic rings. The average Bonchev–Trinajstić information content (AvgIpc) is 3.04. The van der Waals surface area contributed by atoms with Gasteiger partial charge in [-0.3, -0.25) is 9.20 Å². The Balaban J connectivity index is 1.46. The molecule has 0 radical (unpaired) electrons. The molecule has 0 saturated carbocycles. The summed E-state index contributed by atoms with van der Waals surface area (Å²) in [5.41, 5.74) is 3.29. The number of rotatable bonds is 4. The van der Waals surface area contributed by atoms with Crippen molar-refractivity contribution in [2.75, 3.05) is 38.1 Å². The van der Waals surface area contributed by atoms with Gasteiger partial charge in [-0.05, 0) is 43.8 Å². The van der Waals surface area contributed by atoms with Crippen molar-refractivity contribution in [3.63, 3.8) is 0 Å². The van der Waals surface area contributed by atoms with Gasteiger partial charge in [-0.15, -0.1) is 0 Å². The van der Waals surface area contributed by atoms with Crippen molar-refractivity contribution in [3.8, 4) is 0 Å². The predicted octanol–water partition coefficient (Wildman–Crippen LogP) is 3.23. The van der Waals surface area contributed by atoms with E-state index in [0.717, 1.165) is 31.7 Å². The van der Waals surface area contributed by atoms with Gasteiger partial charge >= 0.3 is 0 Å². The van der Waals surface area contributed by atoms with Crippen LogP contribution in [0, 0.1) is 0 Å². The highest BCUT2D eigenvalue weighted by atomic mass is 35.5. The molecule has 1 aromatic carbocycles. The van der Waals surface area contributed by atoms with Gasteiger partial charge in [-0.1, -0.05) is 29.8 Å². The summed E-state index contributed by atoms with van der Waals surface area (Å²) in [6, 6.07) is 13.8. The van der Waals surface area contributed by atoms with Crippen LogP contribution in [0.15, 0.2) is 48.7 Å². The zero-order valence-electron chi connectivity index (χ0n) is 16.1. The maximum atomic E-state index is 12.8. The van der Waals surface area contributed by atoms with Gasteiger partial charge in [-0.2, -0.15) is 0 Å². The molecule has 3 heterocycles. The van der Waals surface area contributed by atoms with Crippen LogP contribution in [-0.2, 0) is 0 Å². The summed E-state index contributed by atoms with van der Waals surface area (Å²) in [4.78, 5) is 21.8. The van der Waals surface area contributed by atoms with Crippen LogP contribution in [-0.4, -0.2) is 53.4 Å². The molecule has 7 heteroatoms. The molecule has 1 amide bonds. The van der Waals surface area contributed by atoms with E-state index in [0.29, 0.717) is 11.3 Å². The Morgan fingerprint density at radius 2 is 1.82 bits per heavy atom. The number of carbonyl (C=O) groups excluding carboxylic acids is 1. The Kier molecular flexibility index (Phi) is 5.24. The first kappa shape index (κ1) is 18.8. The molecule has 1 fully saturated rings. The Hall–Kier alpha value is -2.57. The monoisotopic (exact) mass is 397 g/mol. The summed E-state index contributed by atoms with van der Waals surface area (Å²) < 4.78 is 1.71. The Bertz CT molecular complexity index is 976. The van der Waals surface area contributed by atoms with E-state index in [4.69, 9.17) is 11.6 Å². The fourth-order valence-corrected chi connectivity index (χ4v) is 3.82. The highest BCUT2D eigenvalue weighted by Crippen LogP contribution is 2.22. The molecule has 0 bridgehead atoms. The number of aromatic nitrogens is 2. The SMILES string of the molecule is CC(NC(=O)c1c(Cl)nc2ccccn12)c1ccc(N2CCN(C)CC2)cc1. The molecule has 0 aliphatic carbocycles. The number of halogens is 1. The number of imidazole rings is 1. The number of likely N-dealkylation sites (N-methyl/N-ethyl adjacent to an activating group) is 1. The van der Waals surface area contributed by atoms with Crippen molar-refractivity contribution < 1.29 is 4.79 Å². The van der Waals surface area contributed by atoms with Crippen LogP contribution in [0.3, 0.4) is 0 Å². The van der Waals surface area contributed by atoms with E-state index >= 15 is 0 Å². The molecule has 0 spiro atoms. The zero-order chi connectivity index (χ0) is 19.7. The highest BCUT2D eigenvalue weighted by molar-refractivity contribution is 6.32. The third-order valence-corrected chi connectivity index (χ3v) is 5.58. The van der Waals surface area contributed by atoms with Gasteiger partial charge in [0, 0.05) is 38.1 Å². The lowest BCUT2D eigenvalue weighted by Crippen LogP contribution is -2.44. The third kappa shape index (κ3) is 3.70. The molecule has 1 N–H and O–H groups in total. The minimum atomic E-state index is -0.237. The van der Waals surface area contributed by atoms with Gasteiger partial charge in [0.15, 0.2) is 10.8 Å². The number of nitrogens with one attached hydrogen (secondary N) is 1. The van der Waals surface area contributed by atoms with E-state index in [-0.39, 0.29) is 17.1 Å². The minimum Gasteiger partial charge on any atom is -0.369 e. The average molecular weight is 398 g/mol. The Morgan fingerprint density at radius 3 is 2.54 bits per heavy atom. The smallest absolute Gasteiger partial charge is 0.272 e. The number of amides is 1. The van der Waals surface area contributed by atoms with E-state index in [1.165, 1.54) is 5.69 Å². The first-order chi connectivity index (χ1) is 13.5. The fraction of sp³-hybridized carbons (Fsp3) is 0.333. The van der Waals surface area contributed by atoms with E-state index in [9.17, 15) is 4.79 Å². The maximum Gasteiger partial charge on any atom is 0.272 e. The van der Waals surface area contributed by atoms with E-state index in [2.05, 4.69) is 51.4 Å². The molecule has 6 nitrogen and oxygen atoms in total. The van der Waals surface area contributed by atoms with Crippen LogP contribution in [0.1, 0.15) is 29.0 Å². The van der Waals surface area contributed by atoms with Crippen molar-refractivity contribution in [1.29, 1.82) is 0 Å². The summed E-state index contributed by atoms with van der Waals surface area (Å²) in [5.74, 6) is -0.237. The van der Waals surface area contributed by atoms with Crippen LogP contribution in [0.4, 0.5) is 5.69 Å². The fourth-order valence-electron chi connectivity index (χ4n) is 3.56. The van der Waals surface area contributed by atoms with Crippen LogP contribution in [0.5, 0.6) is 0 Å². The van der Waals surface area contributed by atoms with E-state index in [1.807, 2.05) is 25.1 Å². The molecule has 2 aromatic heterocycles. The molecule has 28 heavy (non-hydrogen) atoms. The van der Waals surface area contributed by atoms with E-state index in [1.54, 1.807) is 10.6 Å². The molecule has 1 aliphatic heterocycles. The second-order valence-corrected chi connectivity index (χ2v) is 7.62. The lowest BCUT2D eigenvalue weighted by atomic mass is 10.1. The van der Waals surface area contributed by atoms with Gasteiger partial charge in [0.25, 0.3) is 5.91 Å². The normalized spacial score (nSPS) is 16.3. The second-order valence-electron chi connectivity index (χ2n) is 7.26. The zero-order valence-corrected chi connectivity index (χ0v) is 16.9. The lowest BCUT2D eigenvalue weighted by molar-refractivity contribution is 0.0934. The number of fused-ring (bicyclic) bond motifs is 1. The van der Waals surface area contributed by atoms with Gasteiger partial charge in [0.05, 0.1) is 6.04 Å². The molecule has 1 aliphatic rings. The van der Waals surface area contributed by atoms with E-state index < -0.39 is 0 Å². The first-order valence-corrected chi connectivity index (χ1v) is 9.87. The summed E-state index contributed by atoms with van der Waals surface area (Å²) in [7, 11) is 2.15. The number of hydrogen-bond acceptors (Lipinski definition) is 4. The second kappa shape index (κ2) is 7.81. The molecule has 4 rings (SSSR count). The first-order valence-electron chi connectivity index (χ1n) is 9.50. The van der Waals surface area contributed by atoms with Crippen LogP contribution < -0.4 is 10.2 Å². The van der Waals surface area contributed by atoms with Crippen molar-refractivity contribution in [2.24, 2.45) is 0 Å². The van der Waals surface area contributed by atoms with Gasteiger partial charge in [0.1, 0.15) is 5.65 Å². The number of nitrogens with zero attached hydrogens (tertiary/aromatic N) is 4. The number of piperazine rings is 1. The standard InChI is InChI=1S/C21H24ClN5O/c1-15(16-6-8-17(9-7-16)26-13-11-25(2)12-14-26)23-21(28)19-20(22)24-18-5-3-4-10-27(18)19/h3-10,15H,11-14H2,1-2H3,(H,23,28). The van der Waals surface area contributed by atoms with Gasteiger partial charge in [-0.25, -0.2) is 4.98 Å². The number of benzene rings is 1. The number of hydrogen-bond donors (Lipinski definition) is 1. The molecule has 146 valence electrons. The third-order valence-electron chi connectivity index (χ3n) is 5.31.